The van der Waals surface area contributed by atoms with Gasteiger partial charge in [0.2, 0.25) is 0 Å². The molecule has 0 unspecified atom stereocenters. The first-order chi connectivity index (χ1) is 13.6. The number of ether oxygens (including phenoxy) is 1. The topological polar surface area (TPSA) is 26.0 Å². The first-order valence-electron chi connectivity index (χ1n) is 9.55. The monoisotopic (exact) mass is 363 g/mol. The maximum absolute atomic E-state index is 6.58. The maximum Gasteiger partial charge on any atom is 0.287 e. The molecule has 0 fully saturated rings. The van der Waals surface area contributed by atoms with Crippen LogP contribution in [0.1, 0.15) is 11.1 Å². The van der Waals surface area contributed by atoms with Gasteiger partial charge in [-0.3, -0.25) is 0 Å². The molecule has 0 amide bonds. The van der Waals surface area contributed by atoms with E-state index in [1.165, 1.54) is 33.2 Å². The predicted octanol–water partition coefficient (Wildman–Crippen LogP) is 5.76. The minimum Gasteiger partial charge on any atom is -0.455 e. The summed E-state index contributed by atoms with van der Waals surface area (Å²) in [5.41, 5.74) is 5.78. The Morgan fingerprint density at radius 2 is 1.54 bits per heavy atom. The van der Waals surface area contributed by atoms with E-state index in [0.717, 1.165) is 33.2 Å². The molecule has 0 bridgehead atoms. The third-order valence-electron chi connectivity index (χ3n) is 6.06. The third kappa shape index (κ3) is 1.83. The van der Waals surface area contributed by atoms with Gasteiger partial charge in [-0.1, -0.05) is 42.5 Å². The molecule has 0 saturated heterocycles. The Hall–Kier alpha value is -3.46. The Kier molecular flexibility index (Phi) is 2.95. The van der Waals surface area contributed by atoms with E-state index in [1.54, 1.807) is 0 Å². The van der Waals surface area contributed by atoms with Gasteiger partial charge in [-0.15, -0.1) is 0 Å². The third-order valence-corrected chi connectivity index (χ3v) is 6.06. The molecule has 3 heteroatoms. The summed E-state index contributed by atoms with van der Waals surface area (Å²) in [7, 11) is 2.07. The molecule has 5 aromatic rings. The lowest BCUT2D eigenvalue weighted by molar-refractivity contribution is -0.662. The normalized spacial score (nSPS) is 12.4. The molecule has 3 nitrogen and oxygen atoms in total. The fourth-order valence-electron chi connectivity index (χ4n) is 4.70. The van der Waals surface area contributed by atoms with Crippen LogP contribution in [0.15, 0.2) is 60.9 Å². The molecule has 0 N–H and O–H groups in total. The second-order valence-corrected chi connectivity index (χ2v) is 7.63. The summed E-state index contributed by atoms with van der Waals surface area (Å²) in [6.07, 6.45) is 1.92. The summed E-state index contributed by atoms with van der Waals surface area (Å²) in [5, 5.41) is 5.92. The molecule has 0 atom stereocenters. The lowest BCUT2D eigenvalue weighted by Crippen LogP contribution is -2.33. The minimum absolute atomic E-state index is 0.887. The number of hydrogen-bond donors (Lipinski definition) is 0. The van der Waals surface area contributed by atoms with E-state index in [1.807, 2.05) is 6.33 Å². The van der Waals surface area contributed by atoms with Crippen molar-refractivity contribution in [3.05, 3.63) is 72.1 Å². The fraction of sp³-hybridized carbons (Fsp3) is 0.120. The van der Waals surface area contributed by atoms with Crippen LogP contribution in [0, 0.1) is 13.8 Å². The van der Waals surface area contributed by atoms with Crippen LogP contribution in [0.4, 0.5) is 0 Å². The van der Waals surface area contributed by atoms with E-state index in [2.05, 4.69) is 80.1 Å². The summed E-state index contributed by atoms with van der Waals surface area (Å²) in [5.74, 6) is 1.85. The summed E-state index contributed by atoms with van der Waals surface area (Å²) in [4.78, 5) is 4.78. The van der Waals surface area contributed by atoms with Crippen molar-refractivity contribution in [3.8, 4) is 22.8 Å². The molecule has 2 heterocycles. The van der Waals surface area contributed by atoms with Crippen LogP contribution in [0.25, 0.3) is 43.7 Å². The molecule has 134 valence electrons. The molecule has 0 radical (unpaired) electrons. The van der Waals surface area contributed by atoms with E-state index >= 15 is 0 Å². The van der Waals surface area contributed by atoms with Crippen molar-refractivity contribution in [3.63, 3.8) is 0 Å². The summed E-state index contributed by atoms with van der Waals surface area (Å²) >= 11 is 0. The Balaban J connectivity index is 1.88. The van der Waals surface area contributed by atoms with Gasteiger partial charge in [0, 0.05) is 10.9 Å². The minimum atomic E-state index is 0.887. The zero-order valence-corrected chi connectivity index (χ0v) is 16.1. The molecule has 6 rings (SSSR count). The molecule has 1 aliphatic heterocycles. The van der Waals surface area contributed by atoms with Gasteiger partial charge in [0.15, 0.2) is 11.2 Å². The highest BCUT2D eigenvalue weighted by molar-refractivity contribution is 6.14. The lowest BCUT2D eigenvalue weighted by atomic mass is 9.89. The highest BCUT2D eigenvalue weighted by Crippen LogP contribution is 2.50. The first-order valence-corrected chi connectivity index (χ1v) is 9.55. The van der Waals surface area contributed by atoms with Gasteiger partial charge < -0.3 is 4.74 Å². The van der Waals surface area contributed by atoms with Crippen LogP contribution in [0.5, 0.6) is 11.5 Å². The number of rotatable bonds is 0. The van der Waals surface area contributed by atoms with Crippen molar-refractivity contribution >= 4 is 32.4 Å². The van der Waals surface area contributed by atoms with Gasteiger partial charge in [-0.2, -0.15) is 0 Å². The second-order valence-electron chi connectivity index (χ2n) is 7.63. The predicted molar refractivity (Wildman–Crippen MR) is 113 cm³/mol. The molecule has 28 heavy (non-hydrogen) atoms. The SMILES string of the molecule is Cc1c2c(c(C)c3ccccc13)-c1c3c(cc4ccccc4c3nc[n+]1C)O2. The number of hydrogen-bond acceptors (Lipinski definition) is 2. The molecule has 0 spiro atoms. The molecule has 1 aliphatic rings. The van der Waals surface area contributed by atoms with Gasteiger partial charge >= 0.3 is 0 Å². The van der Waals surface area contributed by atoms with Gasteiger partial charge in [0.05, 0.1) is 12.6 Å². The van der Waals surface area contributed by atoms with Gasteiger partial charge in [-0.05, 0) is 52.7 Å². The smallest absolute Gasteiger partial charge is 0.287 e. The number of nitrogens with zero attached hydrogens (tertiary/aromatic N) is 2. The molecular formula is C25H19N2O+. The van der Waals surface area contributed by atoms with Gasteiger partial charge in [0.1, 0.15) is 16.9 Å². The van der Waals surface area contributed by atoms with Crippen molar-refractivity contribution in [2.45, 2.75) is 13.8 Å². The largest absolute Gasteiger partial charge is 0.455 e. The number of aromatic nitrogens is 2. The van der Waals surface area contributed by atoms with Crippen molar-refractivity contribution in [2.75, 3.05) is 0 Å². The van der Waals surface area contributed by atoms with Crippen LogP contribution in [-0.2, 0) is 7.05 Å². The van der Waals surface area contributed by atoms with Gasteiger partial charge in [-0.25, -0.2) is 4.57 Å². The van der Waals surface area contributed by atoms with E-state index < -0.39 is 0 Å². The van der Waals surface area contributed by atoms with Crippen molar-refractivity contribution in [2.24, 2.45) is 7.05 Å². The Morgan fingerprint density at radius 3 is 2.32 bits per heavy atom. The van der Waals surface area contributed by atoms with E-state index in [9.17, 15) is 0 Å². The summed E-state index contributed by atoms with van der Waals surface area (Å²) in [6.45, 7) is 4.35. The highest BCUT2D eigenvalue weighted by Gasteiger charge is 2.32. The molecule has 0 saturated carbocycles. The van der Waals surface area contributed by atoms with E-state index in [0.29, 0.717) is 0 Å². The van der Waals surface area contributed by atoms with Gasteiger partial charge in [0.25, 0.3) is 6.33 Å². The molecule has 4 aromatic carbocycles. The van der Waals surface area contributed by atoms with E-state index in [4.69, 9.17) is 9.72 Å². The zero-order chi connectivity index (χ0) is 19.0. The highest BCUT2D eigenvalue weighted by atomic mass is 16.5. The first kappa shape index (κ1) is 15.6. The number of benzene rings is 4. The standard InChI is InChI=1S/C25H19N2O/c1-14-17-9-6-7-10-18(17)15(2)25-21(14)24-22-20(28-25)12-16-8-4-5-11-19(16)23(22)26-13-27(24)3/h4-13H,1-3H3/q+1. The fourth-order valence-corrected chi connectivity index (χ4v) is 4.70. The van der Waals surface area contributed by atoms with Crippen molar-refractivity contribution in [1.82, 2.24) is 4.98 Å². The average Bonchev–Trinajstić information content (AvgIpc) is 2.73. The van der Waals surface area contributed by atoms with Crippen LogP contribution < -0.4 is 9.30 Å². The summed E-state index contributed by atoms with van der Waals surface area (Å²) in [6, 6.07) is 19.1. The quantitative estimate of drug-likeness (QED) is 0.253. The number of fused-ring (bicyclic) bond motifs is 5. The zero-order valence-electron chi connectivity index (χ0n) is 16.1. The lowest BCUT2D eigenvalue weighted by Gasteiger charge is -2.24. The summed E-state index contributed by atoms with van der Waals surface area (Å²) < 4.78 is 8.71. The van der Waals surface area contributed by atoms with Crippen LogP contribution in [0.3, 0.4) is 0 Å². The van der Waals surface area contributed by atoms with Crippen molar-refractivity contribution < 1.29 is 9.30 Å². The van der Waals surface area contributed by atoms with Crippen LogP contribution in [-0.4, -0.2) is 4.98 Å². The Bertz CT molecular complexity index is 1470. The molecule has 0 aliphatic carbocycles. The Morgan fingerprint density at radius 1 is 0.857 bits per heavy atom. The van der Waals surface area contributed by atoms with Crippen LogP contribution >= 0.6 is 0 Å². The van der Waals surface area contributed by atoms with Crippen molar-refractivity contribution in [1.29, 1.82) is 0 Å². The average molecular weight is 363 g/mol. The Labute approximate surface area is 162 Å². The number of aryl methyl sites for hydroxylation is 3. The maximum atomic E-state index is 6.58. The molecule has 1 aromatic heterocycles. The van der Waals surface area contributed by atoms with Crippen LogP contribution in [0.2, 0.25) is 0 Å². The second kappa shape index (κ2) is 5.29. The molecular weight excluding hydrogens is 344 g/mol. The van der Waals surface area contributed by atoms with E-state index in [-0.39, 0.29) is 0 Å².